The number of rotatable bonds is 4. The molecule has 27 heavy (non-hydrogen) atoms. The molecule has 1 aromatic carbocycles. The van der Waals surface area contributed by atoms with Gasteiger partial charge in [-0.2, -0.15) is 5.10 Å². The van der Waals surface area contributed by atoms with Gasteiger partial charge in [0, 0.05) is 23.6 Å². The number of pyridine rings is 2. The molecule has 5 heteroatoms. The molecule has 3 aromatic heterocycles. The summed E-state index contributed by atoms with van der Waals surface area (Å²) < 4.78 is 1.86. The molecular weight excluding hydrogens is 336 g/mol. The molecule has 134 valence electrons. The lowest BCUT2D eigenvalue weighted by molar-refractivity contribution is 0.101. The Morgan fingerprint density at radius 2 is 1.89 bits per heavy atom. The molecule has 0 fully saturated rings. The van der Waals surface area contributed by atoms with E-state index in [1.807, 2.05) is 48.1 Å². The Morgan fingerprint density at radius 3 is 2.63 bits per heavy atom. The van der Waals surface area contributed by atoms with Gasteiger partial charge in [-0.15, -0.1) is 0 Å². The van der Waals surface area contributed by atoms with Crippen LogP contribution in [0.3, 0.4) is 0 Å². The fraction of sp³-hybridized carbons (Fsp3) is 0.182. The Balaban J connectivity index is 1.94. The number of ketones is 1. The number of Topliss-reactive ketones (excluding diaryl/α,β-unsaturated/α-hetero) is 1. The van der Waals surface area contributed by atoms with E-state index in [-0.39, 0.29) is 5.78 Å². The van der Waals surface area contributed by atoms with Gasteiger partial charge in [0.2, 0.25) is 0 Å². The van der Waals surface area contributed by atoms with Crippen molar-refractivity contribution in [2.24, 2.45) is 0 Å². The van der Waals surface area contributed by atoms with Crippen LogP contribution in [0.15, 0.2) is 54.7 Å². The number of hydrogen-bond donors (Lipinski definition) is 0. The molecule has 3 heterocycles. The van der Waals surface area contributed by atoms with Gasteiger partial charge in [-0.05, 0) is 55.3 Å². The lowest BCUT2D eigenvalue weighted by Gasteiger charge is -2.09. The van der Waals surface area contributed by atoms with Crippen molar-refractivity contribution in [3.8, 4) is 17.1 Å². The highest BCUT2D eigenvalue weighted by atomic mass is 16.1. The van der Waals surface area contributed by atoms with E-state index in [2.05, 4.69) is 34.1 Å². The second kappa shape index (κ2) is 6.76. The predicted molar refractivity (Wildman–Crippen MR) is 106 cm³/mol. The van der Waals surface area contributed by atoms with E-state index >= 15 is 0 Å². The van der Waals surface area contributed by atoms with Crippen LogP contribution in [0.2, 0.25) is 0 Å². The quantitative estimate of drug-likeness (QED) is 0.503. The first-order valence-corrected chi connectivity index (χ1v) is 9.00. The molecule has 0 N–H and O–H groups in total. The van der Waals surface area contributed by atoms with Crippen molar-refractivity contribution in [2.75, 3.05) is 0 Å². The van der Waals surface area contributed by atoms with E-state index in [0.29, 0.717) is 5.69 Å². The van der Waals surface area contributed by atoms with E-state index in [1.54, 1.807) is 6.07 Å². The summed E-state index contributed by atoms with van der Waals surface area (Å²) in [6.45, 7) is 5.63. The van der Waals surface area contributed by atoms with E-state index in [0.717, 1.165) is 40.1 Å². The van der Waals surface area contributed by atoms with Crippen LogP contribution >= 0.6 is 0 Å². The van der Waals surface area contributed by atoms with Crippen molar-refractivity contribution in [1.29, 1.82) is 0 Å². The van der Waals surface area contributed by atoms with Gasteiger partial charge in [0.25, 0.3) is 0 Å². The van der Waals surface area contributed by atoms with E-state index in [4.69, 9.17) is 0 Å². The molecule has 0 saturated carbocycles. The number of aryl methyl sites for hydroxylation is 2. The molecule has 0 radical (unpaired) electrons. The fourth-order valence-electron chi connectivity index (χ4n) is 3.26. The second-order valence-electron chi connectivity index (χ2n) is 6.58. The largest absolute Gasteiger partial charge is 0.293 e. The molecule has 0 amide bonds. The molecule has 4 aromatic rings. The van der Waals surface area contributed by atoms with Gasteiger partial charge < -0.3 is 0 Å². The Bertz CT molecular complexity index is 1160. The van der Waals surface area contributed by atoms with Crippen LogP contribution in [0.25, 0.3) is 28.0 Å². The highest BCUT2D eigenvalue weighted by Crippen LogP contribution is 2.28. The number of carbonyl (C=O) groups excluding carboxylic acids is 1. The summed E-state index contributed by atoms with van der Waals surface area (Å²) in [7, 11) is 0. The minimum atomic E-state index is -0.0392. The monoisotopic (exact) mass is 356 g/mol. The number of benzene rings is 1. The first-order chi connectivity index (χ1) is 13.1. The summed E-state index contributed by atoms with van der Waals surface area (Å²) in [6, 6.07) is 15.6. The van der Waals surface area contributed by atoms with Crippen LogP contribution in [-0.2, 0) is 6.42 Å². The predicted octanol–water partition coefficient (Wildman–Crippen LogP) is 4.56. The molecular formula is C22H20N4O. The highest BCUT2D eigenvalue weighted by molar-refractivity contribution is 5.93. The van der Waals surface area contributed by atoms with Crippen LogP contribution in [0, 0.1) is 6.92 Å². The summed E-state index contributed by atoms with van der Waals surface area (Å²) >= 11 is 0. The van der Waals surface area contributed by atoms with Gasteiger partial charge in [-0.1, -0.05) is 19.1 Å². The third kappa shape index (κ3) is 3.12. The first kappa shape index (κ1) is 17.1. The molecule has 0 saturated heterocycles. The van der Waals surface area contributed by atoms with Crippen LogP contribution in [0.5, 0.6) is 0 Å². The maximum absolute atomic E-state index is 11.7. The third-order valence-electron chi connectivity index (χ3n) is 4.65. The summed E-state index contributed by atoms with van der Waals surface area (Å²) in [5, 5.41) is 5.68. The number of hydrogen-bond acceptors (Lipinski definition) is 4. The average molecular weight is 356 g/mol. The van der Waals surface area contributed by atoms with Crippen LogP contribution in [-0.4, -0.2) is 25.5 Å². The number of nitrogens with zero attached hydrogens (tertiary/aromatic N) is 4. The number of aromatic nitrogens is 4. The first-order valence-electron chi connectivity index (χ1n) is 9.00. The number of carbonyl (C=O) groups is 1. The minimum absolute atomic E-state index is 0.0392. The van der Waals surface area contributed by atoms with E-state index < -0.39 is 0 Å². The normalized spacial score (nSPS) is 11.1. The minimum Gasteiger partial charge on any atom is -0.293 e. The molecule has 0 bridgehead atoms. The molecule has 5 nitrogen and oxygen atoms in total. The molecule has 0 aliphatic rings. The molecule has 0 atom stereocenters. The summed E-state index contributed by atoms with van der Waals surface area (Å²) in [5.74, 6) is 0.747. The van der Waals surface area contributed by atoms with Crippen molar-refractivity contribution < 1.29 is 4.79 Å². The van der Waals surface area contributed by atoms with Crippen LogP contribution in [0.4, 0.5) is 0 Å². The standard InChI is InChI=1S/C22H20N4O/c1-4-16-11-17(20-9-6-8-19(25-20)15(3)27)12-21-18(16)13-23-26(21)22-10-5-7-14(2)24-22/h5-13H,4H2,1-3H3. The number of fused-ring (bicyclic) bond motifs is 1. The fourth-order valence-corrected chi connectivity index (χ4v) is 3.26. The SMILES string of the molecule is CCc1cc(-c2cccc(C(C)=O)n2)cc2c1cnn2-c1cccc(C)n1. The zero-order chi connectivity index (χ0) is 19.0. The Hall–Kier alpha value is -3.34. The molecule has 0 aliphatic carbocycles. The topological polar surface area (TPSA) is 60.7 Å². The molecule has 0 aliphatic heterocycles. The van der Waals surface area contributed by atoms with Gasteiger partial charge in [-0.3, -0.25) is 4.79 Å². The zero-order valence-electron chi connectivity index (χ0n) is 15.6. The zero-order valence-corrected chi connectivity index (χ0v) is 15.6. The van der Waals surface area contributed by atoms with Crippen molar-refractivity contribution in [3.05, 3.63) is 71.7 Å². The van der Waals surface area contributed by atoms with E-state index in [9.17, 15) is 4.79 Å². The van der Waals surface area contributed by atoms with Gasteiger partial charge in [0.05, 0.1) is 17.4 Å². The second-order valence-corrected chi connectivity index (χ2v) is 6.58. The summed E-state index contributed by atoms with van der Waals surface area (Å²) in [6.07, 6.45) is 2.77. The van der Waals surface area contributed by atoms with Crippen LogP contribution in [0.1, 0.15) is 35.6 Å². The summed E-state index contributed by atoms with van der Waals surface area (Å²) in [4.78, 5) is 20.8. The van der Waals surface area contributed by atoms with Gasteiger partial charge in [-0.25, -0.2) is 14.6 Å². The Labute approximate surface area is 157 Å². The Kier molecular flexibility index (Phi) is 4.28. The maximum Gasteiger partial charge on any atom is 0.178 e. The van der Waals surface area contributed by atoms with Gasteiger partial charge in [0.15, 0.2) is 11.6 Å². The van der Waals surface area contributed by atoms with Crippen molar-refractivity contribution in [3.63, 3.8) is 0 Å². The van der Waals surface area contributed by atoms with E-state index in [1.165, 1.54) is 12.5 Å². The highest BCUT2D eigenvalue weighted by Gasteiger charge is 2.13. The molecule has 4 rings (SSSR count). The van der Waals surface area contributed by atoms with Crippen molar-refractivity contribution in [1.82, 2.24) is 19.7 Å². The van der Waals surface area contributed by atoms with Gasteiger partial charge in [0.1, 0.15) is 5.69 Å². The maximum atomic E-state index is 11.7. The third-order valence-corrected chi connectivity index (χ3v) is 4.65. The van der Waals surface area contributed by atoms with Crippen LogP contribution < -0.4 is 0 Å². The lowest BCUT2D eigenvalue weighted by Crippen LogP contribution is -2.01. The lowest BCUT2D eigenvalue weighted by atomic mass is 10.0. The molecule has 0 spiro atoms. The molecule has 0 unspecified atom stereocenters. The average Bonchev–Trinajstić information content (AvgIpc) is 3.11. The summed E-state index contributed by atoms with van der Waals surface area (Å²) in [5.41, 5.74) is 5.34. The van der Waals surface area contributed by atoms with Crippen molar-refractivity contribution in [2.45, 2.75) is 27.2 Å². The Morgan fingerprint density at radius 1 is 1.07 bits per heavy atom. The smallest absolute Gasteiger partial charge is 0.178 e. The van der Waals surface area contributed by atoms with Gasteiger partial charge >= 0.3 is 0 Å². The van der Waals surface area contributed by atoms with Crippen molar-refractivity contribution >= 4 is 16.7 Å².